The van der Waals surface area contributed by atoms with Crippen molar-refractivity contribution in [2.45, 2.75) is 6.92 Å². The van der Waals surface area contributed by atoms with E-state index in [1.54, 1.807) is 18.2 Å². The normalized spacial score (nSPS) is 10.5. The molecule has 24 heavy (non-hydrogen) atoms. The quantitative estimate of drug-likeness (QED) is 0.676. The zero-order valence-electron chi connectivity index (χ0n) is 13.1. The van der Waals surface area contributed by atoms with Gasteiger partial charge >= 0.3 is 0 Å². The summed E-state index contributed by atoms with van der Waals surface area (Å²) in [5.74, 6) is 0.494. The minimum Gasteiger partial charge on any atom is -0.354 e. The Labute approximate surface area is 144 Å². The van der Waals surface area contributed by atoms with Crippen LogP contribution in [0.5, 0.6) is 0 Å². The topological polar surface area (TPSA) is 49.8 Å². The van der Waals surface area contributed by atoms with E-state index >= 15 is 0 Å². The molecule has 3 aromatic rings. The number of hydrogen-bond donors (Lipinski definition) is 2. The maximum absolute atomic E-state index is 14.0. The fourth-order valence-electron chi connectivity index (χ4n) is 2.25. The first-order valence-electron chi connectivity index (χ1n) is 7.57. The van der Waals surface area contributed by atoms with Crippen LogP contribution in [0.1, 0.15) is 6.92 Å². The Kier molecular flexibility index (Phi) is 4.91. The molecule has 0 aliphatic carbocycles. The largest absolute Gasteiger partial charge is 0.354 e. The number of nitrogens with zero attached hydrogens (tertiary/aromatic N) is 2. The van der Waals surface area contributed by atoms with Crippen LogP contribution >= 0.6 is 11.6 Å². The molecule has 0 unspecified atom stereocenters. The van der Waals surface area contributed by atoms with Crippen molar-refractivity contribution in [3.63, 3.8) is 0 Å². The van der Waals surface area contributed by atoms with E-state index in [-0.39, 0.29) is 5.69 Å². The van der Waals surface area contributed by atoms with Crippen molar-refractivity contribution in [2.75, 3.05) is 17.2 Å². The van der Waals surface area contributed by atoms with Crippen LogP contribution in [0.2, 0.25) is 5.02 Å². The molecule has 0 atom stereocenters. The molecule has 1 aromatic heterocycles. The van der Waals surface area contributed by atoms with E-state index in [0.717, 1.165) is 11.3 Å². The summed E-state index contributed by atoms with van der Waals surface area (Å²) in [6.45, 7) is 2.64. The molecule has 0 aliphatic heterocycles. The maximum atomic E-state index is 14.0. The van der Waals surface area contributed by atoms with E-state index in [1.807, 2.05) is 37.3 Å². The second-order valence-corrected chi connectivity index (χ2v) is 5.49. The molecule has 0 radical (unpaired) electrons. The Morgan fingerprint density at radius 1 is 1.04 bits per heavy atom. The molecule has 4 nitrogen and oxygen atoms in total. The van der Waals surface area contributed by atoms with Crippen molar-refractivity contribution < 1.29 is 4.39 Å². The van der Waals surface area contributed by atoms with E-state index < -0.39 is 5.82 Å². The summed E-state index contributed by atoms with van der Waals surface area (Å²) in [6, 6.07) is 16.0. The van der Waals surface area contributed by atoms with Gasteiger partial charge in [-0.05, 0) is 19.1 Å². The molecule has 1 heterocycles. The highest BCUT2D eigenvalue weighted by molar-refractivity contribution is 6.33. The summed E-state index contributed by atoms with van der Waals surface area (Å²) in [5, 5.41) is 6.33. The molecule has 3 rings (SSSR count). The lowest BCUT2D eigenvalue weighted by atomic mass is 10.1. The Morgan fingerprint density at radius 2 is 1.83 bits per heavy atom. The highest BCUT2D eigenvalue weighted by Crippen LogP contribution is 2.29. The van der Waals surface area contributed by atoms with Crippen LogP contribution in [0, 0.1) is 5.82 Å². The molecule has 2 aromatic carbocycles. The lowest BCUT2D eigenvalue weighted by Crippen LogP contribution is -2.06. The highest BCUT2D eigenvalue weighted by atomic mass is 35.5. The summed E-state index contributed by atoms with van der Waals surface area (Å²) >= 11 is 6.08. The Hall–Kier alpha value is -2.66. The fourth-order valence-corrected chi connectivity index (χ4v) is 2.46. The van der Waals surface area contributed by atoms with Gasteiger partial charge in [0.2, 0.25) is 5.95 Å². The van der Waals surface area contributed by atoms with Gasteiger partial charge in [-0.2, -0.15) is 4.98 Å². The van der Waals surface area contributed by atoms with Crippen LogP contribution in [0.3, 0.4) is 0 Å². The van der Waals surface area contributed by atoms with Crippen LogP contribution in [0.25, 0.3) is 11.3 Å². The van der Waals surface area contributed by atoms with Gasteiger partial charge in [0.05, 0.1) is 16.4 Å². The Morgan fingerprint density at radius 3 is 2.54 bits per heavy atom. The predicted octanol–water partition coefficient (Wildman–Crippen LogP) is 5.11. The molecule has 0 bridgehead atoms. The molecule has 0 aliphatic rings. The molecule has 0 fully saturated rings. The van der Waals surface area contributed by atoms with E-state index in [0.29, 0.717) is 23.3 Å². The molecule has 122 valence electrons. The number of benzene rings is 2. The third-order valence-corrected chi connectivity index (χ3v) is 3.66. The average Bonchev–Trinajstić information content (AvgIpc) is 2.59. The summed E-state index contributed by atoms with van der Waals surface area (Å²) in [5.41, 5.74) is 1.87. The van der Waals surface area contributed by atoms with Crippen molar-refractivity contribution in [2.24, 2.45) is 0 Å². The van der Waals surface area contributed by atoms with Gasteiger partial charge in [-0.1, -0.05) is 48.0 Å². The Bertz CT molecular complexity index is 819. The van der Waals surface area contributed by atoms with Crippen LogP contribution in [0.15, 0.2) is 54.6 Å². The first kappa shape index (κ1) is 16.2. The molecule has 2 N–H and O–H groups in total. The summed E-state index contributed by atoms with van der Waals surface area (Å²) in [6.07, 6.45) is 0. The molecule has 6 heteroatoms. The minimum absolute atomic E-state index is 0.194. The smallest absolute Gasteiger partial charge is 0.225 e. The van der Waals surface area contributed by atoms with Gasteiger partial charge in [-0.15, -0.1) is 0 Å². The molecular weight excluding hydrogens is 327 g/mol. The number of nitrogens with one attached hydrogen (secondary N) is 2. The SMILES string of the molecule is CCNc1nc(Nc2c(F)cccc2Cl)cc(-c2ccccc2)n1. The van der Waals surface area contributed by atoms with Gasteiger partial charge in [0.15, 0.2) is 0 Å². The monoisotopic (exact) mass is 342 g/mol. The minimum atomic E-state index is -0.438. The third-order valence-electron chi connectivity index (χ3n) is 3.35. The van der Waals surface area contributed by atoms with Gasteiger partial charge in [-0.3, -0.25) is 0 Å². The lowest BCUT2D eigenvalue weighted by molar-refractivity contribution is 0.632. The standard InChI is InChI=1S/C18H16ClFN4/c1-2-21-18-22-15(12-7-4-3-5-8-12)11-16(24-18)23-17-13(19)9-6-10-14(17)20/h3-11H,2H2,1H3,(H2,21,22,23,24). The number of halogens is 2. The predicted molar refractivity (Wildman–Crippen MR) is 96.3 cm³/mol. The van der Waals surface area contributed by atoms with E-state index in [4.69, 9.17) is 11.6 Å². The fraction of sp³-hybridized carbons (Fsp3) is 0.111. The first-order chi connectivity index (χ1) is 11.7. The lowest BCUT2D eigenvalue weighted by Gasteiger charge is -2.12. The summed E-state index contributed by atoms with van der Waals surface area (Å²) in [7, 11) is 0. The van der Waals surface area contributed by atoms with Crippen LogP contribution in [0.4, 0.5) is 21.8 Å². The molecule has 0 saturated heterocycles. The van der Waals surface area contributed by atoms with E-state index in [9.17, 15) is 4.39 Å². The van der Waals surface area contributed by atoms with Gasteiger partial charge in [0, 0.05) is 18.2 Å². The van der Waals surface area contributed by atoms with Gasteiger partial charge in [0.1, 0.15) is 11.6 Å². The van der Waals surface area contributed by atoms with Gasteiger partial charge in [0.25, 0.3) is 0 Å². The molecule has 0 amide bonds. The first-order valence-corrected chi connectivity index (χ1v) is 7.94. The van der Waals surface area contributed by atoms with E-state index in [2.05, 4.69) is 20.6 Å². The number of hydrogen-bond acceptors (Lipinski definition) is 4. The van der Waals surface area contributed by atoms with Crippen LogP contribution in [-0.2, 0) is 0 Å². The summed E-state index contributed by atoms with van der Waals surface area (Å²) < 4.78 is 14.0. The average molecular weight is 343 g/mol. The molecule has 0 spiro atoms. The van der Waals surface area contributed by atoms with Crippen molar-refractivity contribution in [1.82, 2.24) is 9.97 Å². The zero-order chi connectivity index (χ0) is 16.9. The van der Waals surface area contributed by atoms with Crippen LogP contribution in [-0.4, -0.2) is 16.5 Å². The highest BCUT2D eigenvalue weighted by Gasteiger charge is 2.11. The van der Waals surface area contributed by atoms with Crippen molar-refractivity contribution in [3.8, 4) is 11.3 Å². The van der Waals surface area contributed by atoms with Crippen LogP contribution < -0.4 is 10.6 Å². The third kappa shape index (κ3) is 3.63. The zero-order valence-corrected chi connectivity index (χ0v) is 13.8. The van der Waals surface area contributed by atoms with Crippen molar-refractivity contribution in [3.05, 3.63) is 65.4 Å². The van der Waals surface area contributed by atoms with Crippen molar-refractivity contribution in [1.29, 1.82) is 0 Å². The van der Waals surface area contributed by atoms with Gasteiger partial charge in [-0.25, -0.2) is 9.37 Å². The number of aromatic nitrogens is 2. The number of rotatable bonds is 5. The second-order valence-electron chi connectivity index (χ2n) is 5.08. The Balaban J connectivity index is 2.02. The maximum Gasteiger partial charge on any atom is 0.225 e. The molecular formula is C18H16ClFN4. The van der Waals surface area contributed by atoms with Crippen molar-refractivity contribution >= 4 is 29.1 Å². The number of anilines is 3. The number of para-hydroxylation sites is 1. The second kappa shape index (κ2) is 7.27. The van der Waals surface area contributed by atoms with E-state index in [1.165, 1.54) is 6.07 Å². The summed E-state index contributed by atoms with van der Waals surface area (Å²) in [4.78, 5) is 8.86. The van der Waals surface area contributed by atoms with Gasteiger partial charge < -0.3 is 10.6 Å². The molecule has 0 saturated carbocycles.